The van der Waals surface area contributed by atoms with Gasteiger partial charge in [-0.25, -0.2) is 57.4 Å². The standard InChI is InChI=1S/C26H25FN4OS.C25H24FN5OS.C25H29FN4O2.C25H23FN4O2/c1-17-14-20(8-9-21(17)27)23-15-31(26(29-23)19-6-4-3-5-7-19)16-25(32)30-12-10-22-24(11-13-30)33-18(2)28-22;1-16-13-18(7-8-19(16)26)21-14-31(24(28-21)17-5-3-2-4-6-17)15-23(32)30-11-9-20-22(10-12-30)33-25(27)29-20;2*1-16-12-19(8-9-20(16)26)22-13-30(25(28-22)18-6-4-3-5-7-18)15-24(31)29-11-10-21-23(14-29)32-17(2)27-21/h3-9,14-15H,10-13,16H2,1-2H3;2-8,13-14H,9-12,15H2,1H3,(H2,27,29);8-9,12-13,18H,3-7,10-11,14-15H2,1-2H3;3-9,12-13H,10-11,14-15H2,1-2H3. The number of fused-ring (bicyclic) bond motifs is 4. The number of nitrogen functional groups attached to an aromatic ring is 1. The molecule has 7 aromatic carbocycles. The second-order valence-electron chi connectivity index (χ2n) is 33.8. The highest BCUT2D eigenvalue weighted by Crippen LogP contribution is 2.37. The first-order chi connectivity index (χ1) is 62.9. The monoisotopic (exact) mass is 1790 g/mol. The number of amides is 4. The Balaban J connectivity index is 0.000000121. The van der Waals surface area contributed by atoms with E-state index in [1.165, 1.54) is 64.6 Å². The molecular formula is C101H101F4N17O6S2. The minimum atomic E-state index is -0.251. The fraction of sp³-hybridized carbons (Fsp3) is 0.307. The molecule has 15 aromatic rings. The molecule has 1 fully saturated rings. The summed E-state index contributed by atoms with van der Waals surface area (Å²) in [5, 5.41) is 1.68. The molecule has 1 saturated carbocycles. The van der Waals surface area contributed by atoms with Crippen molar-refractivity contribution in [3.8, 4) is 79.2 Å². The number of hydrogen-bond donors (Lipinski definition) is 1. The van der Waals surface area contributed by atoms with Crippen LogP contribution < -0.4 is 5.73 Å². The van der Waals surface area contributed by atoms with Gasteiger partial charge in [-0.1, -0.05) is 110 Å². The van der Waals surface area contributed by atoms with E-state index in [0.717, 1.165) is 140 Å². The summed E-state index contributed by atoms with van der Waals surface area (Å²) in [6.45, 7) is 18.2. The summed E-state index contributed by atoms with van der Waals surface area (Å²) >= 11 is 3.24. The van der Waals surface area contributed by atoms with Crippen LogP contribution in [0, 0.1) is 71.7 Å². The first kappa shape index (κ1) is 88.5. The van der Waals surface area contributed by atoms with Gasteiger partial charge >= 0.3 is 0 Å². The summed E-state index contributed by atoms with van der Waals surface area (Å²) in [5.41, 5.74) is 21.2. The molecule has 20 rings (SSSR count). The van der Waals surface area contributed by atoms with Crippen LogP contribution in [0.25, 0.3) is 79.2 Å². The van der Waals surface area contributed by atoms with E-state index < -0.39 is 0 Å². The fourth-order valence-corrected chi connectivity index (χ4v) is 19.3. The molecular weight excluding hydrogens is 1690 g/mol. The van der Waals surface area contributed by atoms with Crippen molar-refractivity contribution >= 4 is 51.4 Å². The largest absolute Gasteiger partial charge is 0.444 e. The number of benzene rings is 7. The van der Waals surface area contributed by atoms with E-state index in [-0.39, 0.29) is 73.1 Å². The number of aryl methyl sites for hydroxylation is 7. The third-order valence-electron chi connectivity index (χ3n) is 24.5. The molecule has 0 radical (unpaired) electrons. The lowest BCUT2D eigenvalue weighted by molar-refractivity contribution is -0.133. The smallest absolute Gasteiger partial charge is 0.242 e. The quantitative estimate of drug-likeness (QED) is 0.0882. The molecule has 1 aliphatic carbocycles. The lowest BCUT2D eigenvalue weighted by Gasteiger charge is -2.27. The van der Waals surface area contributed by atoms with Gasteiger partial charge in [-0.15, -0.1) is 22.7 Å². The molecule has 666 valence electrons. The number of aromatic nitrogens is 12. The van der Waals surface area contributed by atoms with Gasteiger partial charge in [0.15, 0.2) is 16.9 Å². The molecule has 0 bridgehead atoms. The minimum absolute atomic E-state index is 0.0129. The molecule has 4 amide bonds. The van der Waals surface area contributed by atoms with Crippen molar-refractivity contribution in [2.24, 2.45) is 0 Å². The molecule has 0 saturated heterocycles. The molecule has 12 heterocycles. The predicted octanol–water partition coefficient (Wildman–Crippen LogP) is 18.9. The Morgan fingerprint density at radius 3 is 1.08 bits per heavy atom. The third-order valence-corrected chi connectivity index (χ3v) is 26.5. The molecule has 8 aromatic heterocycles. The van der Waals surface area contributed by atoms with Crippen molar-refractivity contribution < 1.29 is 45.6 Å². The fourth-order valence-electron chi connectivity index (χ4n) is 17.5. The second-order valence-corrected chi connectivity index (χ2v) is 36.2. The van der Waals surface area contributed by atoms with E-state index in [1.807, 2.05) is 176 Å². The Hall–Kier alpha value is -13.5. The predicted molar refractivity (Wildman–Crippen MR) is 494 cm³/mol. The Morgan fingerprint density at radius 1 is 0.362 bits per heavy atom. The number of halogens is 4. The van der Waals surface area contributed by atoms with Crippen molar-refractivity contribution in [2.45, 2.75) is 164 Å². The lowest BCUT2D eigenvalue weighted by Crippen LogP contribution is -2.38. The second kappa shape index (κ2) is 39.2. The average Bonchev–Trinajstić information content (AvgIpc) is 1.65. The van der Waals surface area contributed by atoms with Crippen LogP contribution in [0.15, 0.2) is 197 Å². The molecule has 23 nitrogen and oxygen atoms in total. The van der Waals surface area contributed by atoms with E-state index in [0.29, 0.717) is 133 Å². The van der Waals surface area contributed by atoms with Crippen LogP contribution in [0.4, 0.5) is 22.7 Å². The van der Waals surface area contributed by atoms with Crippen LogP contribution in [0.5, 0.6) is 0 Å². The minimum Gasteiger partial charge on any atom is -0.444 e. The highest BCUT2D eigenvalue weighted by molar-refractivity contribution is 7.15. The van der Waals surface area contributed by atoms with Gasteiger partial charge in [0, 0.05) is 171 Å². The van der Waals surface area contributed by atoms with Crippen LogP contribution in [-0.4, -0.2) is 141 Å². The summed E-state index contributed by atoms with van der Waals surface area (Å²) < 4.78 is 74.2. The number of carbonyl (C=O) groups excluding carboxylic acids is 4. The van der Waals surface area contributed by atoms with E-state index >= 15 is 0 Å². The Morgan fingerprint density at radius 2 is 0.692 bits per heavy atom. The van der Waals surface area contributed by atoms with Gasteiger partial charge in [-0.2, -0.15) is 0 Å². The SMILES string of the molecule is Cc1cc(-c2cn(CC(=O)N3CCc4nc(N)sc4CC3)c(-c3ccccc3)n2)ccc1F.Cc1nc2c(o1)CN(C(=O)Cn1cc(-c3ccc(F)c(C)c3)nc1-c1ccccc1)CC2.Cc1nc2c(o1)CN(C(=O)Cn1cc(-c3ccc(F)c(C)c3)nc1C1CCCCC1)CC2.Cc1nc2c(s1)CCN(C(=O)Cn1cc(-c3ccc(F)c(C)c3)nc1-c1ccccc1)CC2. The third kappa shape index (κ3) is 20.4. The zero-order valence-electron chi connectivity index (χ0n) is 73.7. The van der Waals surface area contributed by atoms with Crippen LogP contribution in [0.2, 0.25) is 0 Å². The Bertz CT molecular complexity index is 6380. The number of nitrogens with two attached hydrogens (primary N) is 1. The summed E-state index contributed by atoms with van der Waals surface area (Å²) in [4.78, 5) is 100. The maximum atomic E-state index is 13.8. The summed E-state index contributed by atoms with van der Waals surface area (Å²) in [6, 6.07) is 49.3. The molecule has 0 spiro atoms. The van der Waals surface area contributed by atoms with Gasteiger partial charge in [0.2, 0.25) is 23.6 Å². The van der Waals surface area contributed by atoms with Crippen molar-refractivity contribution in [1.29, 1.82) is 0 Å². The molecule has 4 aliphatic heterocycles. The van der Waals surface area contributed by atoms with Gasteiger partial charge < -0.3 is 52.4 Å². The van der Waals surface area contributed by atoms with Crippen LogP contribution >= 0.6 is 22.7 Å². The van der Waals surface area contributed by atoms with Gasteiger partial charge in [0.1, 0.15) is 84.3 Å². The van der Waals surface area contributed by atoms with Gasteiger partial charge in [-0.3, -0.25) is 19.2 Å². The topological polar surface area (TPSA) is 256 Å². The van der Waals surface area contributed by atoms with E-state index in [1.54, 1.807) is 86.4 Å². The highest BCUT2D eigenvalue weighted by Gasteiger charge is 2.32. The van der Waals surface area contributed by atoms with Gasteiger partial charge in [0.05, 0.1) is 63.6 Å². The van der Waals surface area contributed by atoms with Crippen LogP contribution in [-0.2, 0) is 97.0 Å². The number of nitrogens with zero attached hydrogens (tertiary/aromatic N) is 16. The molecule has 5 aliphatic rings. The normalized spacial score (nSPS) is 14.3. The Labute approximate surface area is 759 Å². The zero-order valence-corrected chi connectivity index (χ0v) is 75.4. The van der Waals surface area contributed by atoms with Gasteiger partial charge in [0.25, 0.3) is 0 Å². The maximum Gasteiger partial charge on any atom is 0.242 e. The van der Waals surface area contributed by atoms with Crippen LogP contribution in [0.1, 0.15) is 127 Å². The molecule has 0 unspecified atom stereocenters. The first-order valence-electron chi connectivity index (χ1n) is 44.1. The van der Waals surface area contributed by atoms with Gasteiger partial charge in [-0.05, 0) is 143 Å². The van der Waals surface area contributed by atoms with Crippen LogP contribution in [0.3, 0.4) is 0 Å². The lowest BCUT2D eigenvalue weighted by atomic mass is 9.88. The van der Waals surface area contributed by atoms with E-state index in [4.69, 9.17) is 34.5 Å². The summed E-state index contributed by atoms with van der Waals surface area (Å²) in [7, 11) is 0. The van der Waals surface area contributed by atoms with Crippen molar-refractivity contribution in [3.05, 3.63) is 301 Å². The number of oxazole rings is 2. The highest BCUT2D eigenvalue weighted by atomic mass is 32.1. The van der Waals surface area contributed by atoms with Crippen molar-refractivity contribution in [3.63, 3.8) is 0 Å². The number of rotatable bonds is 16. The van der Waals surface area contributed by atoms with E-state index in [2.05, 4.69) is 19.9 Å². The summed E-state index contributed by atoms with van der Waals surface area (Å²) in [5.74, 6) is 5.50. The van der Waals surface area contributed by atoms with Crippen molar-refractivity contribution in [1.82, 2.24) is 77.7 Å². The first-order valence-corrected chi connectivity index (χ1v) is 45.8. The zero-order chi connectivity index (χ0) is 90.4. The molecule has 29 heteroatoms. The number of hydrogen-bond acceptors (Lipinski definition) is 17. The average molecular weight is 1790 g/mol. The molecule has 0 atom stereocenters. The maximum absolute atomic E-state index is 13.8. The number of anilines is 1. The van der Waals surface area contributed by atoms with E-state index in [9.17, 15) is 36.7 Å². The molecule has 2 N–H and O–H groups in total. The Kier molecular flexibility index (Phi) is 26.7. The van der Waals surface area contributed by atoms with Crippen molar-refractivity contribution in [2.75, 3.05) is 45.0 Å². The molecule has 130 heavy (non-hydrogen) atoms. The number of imidazole rings is 4. The number of thiazole rings is 2. The summed E-state index contributed by atoms with van der Waals surface area (Å²) in [6.07, 6.45) is 18.0. The number of carbonyl (C=O) groups is 4.